The minimum absolute atomic E-state index is 0.548. The lowest BCUT2D eigenvalue weighted by Gasteiger charge is -2.28. The van der Waals surface area contributed by atoms with Gasteiger partial charge in [-0.2, -0.15) is 5.10 Å². The topological polar surface area (TPSA) is 81.0 Å². The van der Waals surface area contributed by atoms with Crippen molar-refractivity contribution in [2.45, 2.75) is 20.4 Å². The van der Waals surface area contributed by atoms with Gasteiger partial charge in [0, 0.05) is 55.0 Å². The van der Waals surface area contributed by atoms with E-state index in [2.05, 4.69) is 63.5 Å². The van der Waals surface area contributed by atoms with Crippen molar-refractivity contribution in [3.05, 3.63) is 67.4 Å². The lowest BCUT2D eigenvalue weighted by molar-refractivity contribution is 0.122. The van der Waals surface area contributed by atoms with Crippen LogP contribution in [0.3, 0.4) is 0 Å². The van der Waals surface area contributed by atoms with E-state index in [4.69, 9.17) is 9.72 Å². The molecule has 1 aromatic carbocycles. The van der Waals surface area contributed by atoms with E-state index in [1.54, 1.807) is 6.20 Å². The second-order valence-electron chi connectivity index (χ2n) is 8.84. The number of nitrogens with zero attached hydrogens (tertiary/aromatic N) is 6. The summed E-state index contributed by atoms with van der Waals surface area (Å²) < 4.78 is 7.45. The van der Waals surface area contributed by atoms with Crippen LogP contribution in [-0.4, -0.2) is 51.0 Å². The molecule has 174 valence electrons. The fourth-order valence-electron chi connectivity index (χ4n) is 4.00. The number of benzene rings is 1. The molecule has 4 aromatic rings. The number of ether oxygens (including phenoxy) is 1. The first kappa shape index (κ1) is 22.0. The minimum Gasteiger partial charge on any atom is -0.378 e. The summed E-state index contributed by atoms with van der Waals surface area (Å²) in [4.78, 5) is 15.8. The van der Waals surface area contributed by atoms with Crippen molar-refractivity contribution in [2.24, 2.45) is 5.92 Å². The van der Waals surface area contributed by atoms with E-state index in [0.717, 1.165) is 66.6 Å². The summed E-state index contributed by atoms with van der Waals surface area (Å²) >= 11 is 0. The normalized spacial score (nSPS) is 13.9. The largest absolute Gasteiger partial charge is 0.378 e. The van der Waals surface area contributed by atoms with Crippen LogP contribution in [0.25, 0.3) is 22.4 Å². The van der Waals surface area contributed by atoms with Gasteiger partial charge in [-0.1, -0.05) is 26.0 Å². The van der Waals surface area contributed by atoms with Crippen LogP contribution < -0.4 is 10.2 Å². The van der Waals surface area contributed by atoms with Crippen LogP contribution in [0.1, 0.15) is 13.8 Å². The third kappa shape index (κ3) is 5.23. The summed E-state index contributed by atoms with van der Waals surface area (Å²) in [6.07, 6.45) is 9.50. The van der Waals surface area contributed by atoms with Gasteiger partial charge in [-0.25, -0.2) is 9.97 Å². The average Bonchev–Trinajstić information content (AvgIpc) is 3.33. The number of aromatic nitrogens is 5. The molecule has 0 aliphatic carbocycles. The molecule has 1 fully saturated rings. The predicted molar refractivity (Wildman–Crippen MR) is 134 cm³/mol. The van der Waals surface area contributed by atoms with Gasteiger partial charge in [-0.05, 0) is 35.7 Å². The van der Waals surface area contributed by atoms with Gasteiger partial charge < -0.3 is 15.0 Å². The van der Waals surface area contributed by atoms with E-state index in [-0.39, 0.29) is 0 Å². The Morgan fingerprint density at radius 3 is 2.59 bits per heavy atom. The molecule has 0 radical (unpaired) electrons. The third-order valence-corrected chi connectivity index (χ3v) is 5.71. The van der Waals surface area contributed by atoms with E-state index in [9.17, 15) is 0 Å². The Hall–Kier alpha value is -3.78. The highest BCUT2D eigenvalue weighted by atomic mass is 16.5. The number of morpholine rings is 1. The number of hydrogen-bond acceptors (Lipinski definition) is 7. The molecule has 0 bridgehead atoms. The van der Waals surface area contributed by atoms with Gasteiger partial charge in [-0.3, -0.25) is 9.67 Å². The van der Waals surface area contributed by atoms with Gasteiger partial charge in [0.25, 0.3) is 0 Å². The molecule has 1 aliphatic heterocycles. The van der Waals surface area contributed by atoms with Crippen molar-refractivity contribution < 1.29 is 4.74 Å². The molecule has 0 unspecified atom stereocenters. The van der Waals surface area contributed by atoms with Crippen LogP contribution in [-0.2, 0) is 11.3 Å². The Kier molecular flexibility index (Phi) is 6.49. The summed E-state index contributed by atoms with van der Waals surface area (Å²) in [6, 6.07) is 12.3. The number of anilines is 3. The molecule has 4 heterocycles. The molecule has 8 nitrogen and oxygen atoms in total. The Bertz CT molecular complexity index is 1230. The van der Waals surface area contributed by atoms with E-state index in [0.29, 0.717) is 11.9 Å². The fraction of sp³-hybridized carbons (Fsp3) is 0.308. The Morgan fingerprint density at radius 2 is 1.79 bits per heavy atom. The van der Waals surface area contributed by atoms with E-state index in [1.165, 1.54) is 0 Å². The number of hydrogen-bond donors (Lipinski definition) is 1. The molecule has 0 saturated carbocycles. The molecule has 8 heteroatoms. The molecule has 3 aromatic heterocycles. The van der Waals surface area contributed by atoms with Crippen LogP contribution in [0.2, 0.25) is 0 Å². The van der Waals surface area contributed by atoms with Gasteiger partial charge in [0.05, 0.1) is 37.0 Å². The number of rotatable bonds is 7. The fourth-order valence-corrected chi connectivity index (χ4v) is 4.00. The van der Waals surface area contributed by atoms with E-state index >= 15 is 0 Å². The number of pyridine rings is 1. The first-order chi connectivity index (χ1) is 16.6. The quantitative estimate of drug-likeness (QED) is 0.435. The van der Waals surface area contributed by atoms with Crippen LogP contribution in [0.4, 0.5) is 17.3 Å². The molecule has 1 N–H and O–H groups in total. The highest BCUT2D eigenvalue weighted by Crippen LogP contribution is 2.25. The summed E-state index contributed by atoms with van der Waals surface area (Å²) in [5.74, 6) is 1.11. The molecule has 0 atom stereocenters. The molecule has 34 heavy (non-hydrogen) atoms. The maximum Gasteiger partial charge on any atom is 0.227 e. The lowest BCUT2D eigenvalue weighted by Crippen LogP contribution is -2.36. The maximum absolute atomic E-state index is 5.46. The summed E-state index contributed by atoms with van der Waals surface area (Å²) in [6.45, 7) is 8.52. The molecule has 5 rings (SSSR count). The monoisotopic (exact) mass is 455 g/mol. The lowest BCUT2D eigenvalue weighted by atomic mass is 10.1. The van der Waals surface area contributed by atoms with Crippen LogP contribution in [0.5, 0.6) is 0 Å². The maximum atomic E-state index is 5.46. The van der Waals surface area contributed by atoms with Crippen molar-refractivity contribution >= 4 is 17.3 Å². The van der Waals surface area contributed by atoms with Crippen LogP contribution >= 0.6 is 0 Å². The Balaban J connectivity index is 1.29. The molecular formula is C26H29N7O. The van der Waals surface area contributed by atoms with Crippen molar-refractivity contribution in [3.8, 4) is 22.4 Å². The van der Waals surface area contributed by atoms with Crippen LogP contribution in [0, 0.1) is 5.92 Å². The zero-order valence-electron chi connectivity index (χ0n) is 19.6. The highest BCUT2D eigenvalue weighted by molar-refractivity contribution is 5.68. The van der Waals surface area contributed by atoms with Crippen molar-refractivity contribution in [1.82, 2.24) is 24.7 Å². The minimum atomic E-state index is 0.548. The summed E-state index contributed by atoms with van der Waals surface area (Å²) in [5, 5.41) is 7.78. The zero-order chi connectivity index (χ0) is 23.3. The van der Waals surface area contributed by atoms with Gasteiger partial charge in [-0.15, -0.1) is 0 Å². The van der Waals surface area contributed by atoms with E-state index in [1.807, 2.05) is 41.5 Å². The van der Waals surface area contributed by atoms with E-state index < -0.39 is 0 Å². The first-order valence-electron chi connectivity index (χ1n) is 11.6. The van der Waals surface area contributed by atoms with Gasteiger partial charge in [0.1, 0.15) is 0 Å². The van der Waals surface area contributed by atoms with Crippen LogP contribution in [0.15, 0.2) is 67.4 Å². The second kappa shape index (κ2) is 10.0. The van der Waals surface area contributed by atoms with Gasteiger partial charge in [0.15, 0.2) is 0 Å². The second-order valence-corrected chi connectivity index (χ2v) is 8.84. The average molecular weight is 456 g/mol. The zero-order valence-corrected chi connectivity index (χ0v) is 19.6. The number of nitrogens with one attached hydrogen (secondary N) is 1. The predicted octanol–water partition coefficient (Wildman–Crippen LogP) is 4.64. The molecule has 1 aliphatic rings. The van der Waals surface area contributed by atoms with Crippen molar-refractivity contribution in [3.63, 3.8) is 0 Å². The van der Waals surface area contributed by atoms with Gasteiger partial charge in [0.2, 0.25) is 5.95 Å². The summed E-state index contributed by atoms with van der Waals surface area (Å²) in [7, 11) is 0. The SMILES string of the molecule is CC(C)Cn1cc(-c2ccc(Nc3nccc(-c4cncc(N5CCOCC5)c4)n3)cc2)cn1. The highest BCUT2D eigenvalue weighted by Gasteiger charge is 2.13. The molecule has 0 spiro atoms. The molecular weight excluding hydrogens is 426 g/mol. The molecule has 0 amide bonds. The van der Waals surface area contributed by atoms with Crippen molar-refractivity contribution in [1.29, 1.82) is 0 Å². The standard InChI is InChI=1S/C26H29N7O/c1-19(2)17-33-18-22(15-29-33)20-3-5-23(6-4-20)30-26-28-8-7-25(31-26)21-13-24(16-27-14-21)32-9-11-34-12-10-32/h3-8,13-16,18-19H,9-12,17H2,1-2H3,(H,28,30,31). The Labute approximate surface area is 199 Å². The first-order valence-corrected chi connectivity index (χ1v) is 11.6. The molecule has 1 saturated heterocycles. The van der Waals surface area contributed by atoms with Gasteiger partial charge >= 0.3 is 0 Å². The third-order valence-electron chi connectivity index (χ3n) is 5.71. The summed E-state index contributed by atoms with van der Waals surface area (Å²) in [5.41, 5.74) is 6.04. The Morgan fingerprint density at radius 1 is 0.971 bits per heavy atom. The smallest absolute Gasteiger partial charge is 0.227 e. The van der Waals surface area contributed by atoms with Crippen molar-refractivity contribution in [2.75, 3.05) is 36.5 Å².